The van der Waals surface area contributed by atoms with Gasteiger partial charge in [-0.25, -0.2) is 9.18 Å². The highest BCUT2D eigenvalue weighted by Crippen LogP contribution is 2.48. The number of hydrogen-bond donors (Lipinski definition) is 0. The normalized spacial score (nSPS) is 17.5. The van der Waals surface area contributed by atoms with Crippen molar-refractivity contribution in [2.75, 3.05) is 64.1 Å². The van der Waals surface area contributed by atoms with Gasteiger partial charge in [0.15, 0.2) is 0 Å². The standard InChI is InChI=1S/C29H31F4N5O3S/c1-4-23(39)36-9-11-37(12-10-36)27-21-15-22(29(31,32)33)24(18-5-7-19(30)8-6-18)26-25(21)38(28(40)34-27)16-20(17-42-26)41-14-13-35(2)3/h4-8,15,20H,1,9-14,16-17H2,2-3H3. The minimum absolute atomic E-state index is 0.111. The van der Waals surface area contributed by atoms with E-state index in [1.54, 1.807) is 9.80 Å². The van der Waals surface area contributed by atoms with Crippen LogP contribution >= 0.6 is 11.8 Å². The maximum atomic E-state index is 14.8. The minimum atomic E-state index is -4.75. The fraction of sp³-hybridized carbons (Fsp3) is 0.414. The van der Waals surface area contributed by atoms with E-state index in [4.69, 9.17) is 4.74 Å². The number of nitrogens with zero attached hydrogens (tertiary/aromatic N) is 5. The number of carbonyl (C=O) groups is 1. The van der Waals surface area contributed by atoms with Gasteiger partial charge in [-0.2, -0.15) is 18.2 Å². The Morgan fingerprint density at radius 3 is 2.50 bits per heavy atom. The van der Waals surface area contributed by atoms with Crippen LogP contribution < -0.4 is 10.6 Å². The molecule has 8 nitrogen and oxygen atoms in total. The Labute approximate surface area is 244 Å². The number of ether oxygens (including phenoxy) is 1. The summed E-state index contributed by atoms with van der Waals surface area (Å²) in [4.78, 5) is 35.5. The van der Waals surface area contributed by atoms with Crippen molar-refractivity contribution < 1.29 is 27.1 Å². The van der Waals surface area contributed by atoms with Crippen molar-refractivity contribution in [3.05, 3.63) is 64.9 Å². The molecule has 0 spiro atoms. The number of thioether (sulfide) groups is 1. The number of alkyl halides is 3. The molecule has 2 aromatic carbocycles. The Morgan fingerprint density at radius 2 is 1.88 bits per heavy atom. The largest absolute Gasteiger partial charge is 0.417 e. The van der Waals surface area contributed by atoms with E-state index in [1.165, 1.54) is 34.5 Å². The second-order valence-corrected chi connectivity index (χ2v) is 11.5. The topological polar surface area (TPSA) is 70.9 Å². The Morgan fingerprint density at radius 1 is 1.19 bits per heavy atom. The first-order valence-electron chi connectivity index (χ1n) is 13.5. The molecule has 13 heteroatoms. The van der Waals surface area contributed by atoms with Gasteiger partial charge in [-0.05, 0) is 43.9 Å². The van der Waals surface area contributed by atoms with Gasteiger partial charge in [-0.3, -0.25) is 9.36 Å². The number of carbonyl (C=O) groups excluding carboxylic acids is 1. The van der Waals surface area contributed by atoms with Gasteiger partial charge in [0, 0.05) is 54.3 Å². The number of halogens is 4. The third kappa shape index (κ3) is 6.04. The fourth-order valence-corrected chi connectivity index (χ4v) is 6.56. The summed E-state index contributed by atoms with van der Waals surface area (Å²) >= 11 is 1.19. The Kier molecular flexibility index (Phi) is 8.63. The zero-order chi connectivity index (χ0) is 30.2. The molecule has 1 aromatic heterocycles. The van der Waals surface area contributed by atoms with Crippen LogP contribution in [-0.2, 0) is 22.3 Å². The molecule has 1 unspecified atom stereocenters. The van der Waals surface area contributed by atoms with Crippen LogP contribution in [0, 0.1) is 5.82 Å². The molecule has 1 atom stereocenters. The smallest absolute Gasteiger partial charge is 0.374 e. The number of rotatable bonds is 7. The van der Waals surface area contributed by atoms with Crippen LogP contribution in [0.25, 0.3) is 22.0 Å². The lowest BCUT2D eigenvalue weighted by Crippen LogP contribution is -2.49. The van der Waals surface area contributed by atoms with Gasteiger partial charge in [0.1, 0.15) is 11.6 Å². The van der Waals surface area contributed by atoms with Gasteiger partial charge in [0.2, 0.25) is 5.91 Å². The molecule has 1 amide bonds. The third-order valence-corrected chi connectivity index (χ3v) is 8.62. The molecule has 1 fully saturated rings. The van der Waals surface area contributed by atoms with Crippen LogP contribution in [-0.4, -0.2) is 90.5 Å². The maximum Gasteiger partial charge on any atom is 0.417 e. The van der Waals surface area contributed by atoms with Gasteiger partial charge < -0.3 is 19.4 Å². The average molecular weight is 606 g/mol. The minimum Gasteiger partial charge on any atom is -0.374 e. The molecular weight excluding hydrogens is 574 g/mol. The number of amides is 1. The van der Waals surface area contributed by atoms with E-state index in [2.05, 4.69) is 11.6 Å². The van der Waals surface area contributed by atoms with E-state index in [-0.39, 0.29) is 52.8 Å². The van der Waals surface area contributed by atoms with Crippen LogP contribution in [0.1, 0.15) is 5.56 Å². The summed E-state index contributed by atoms with van der Waals surface area (Å²) in [6, 6.07) is 5.93. The Hall–Kier alpha value is -3.42. The molecule has 0 N–H and O–H groups in total. The highest BCUT2D eigenvalue weighted by Gasteiger charge is 2.38. The molecule has 0 radical (unpaired) electrons. The van der Waals surface area contributed by atoms with Crippen molar-refractivity contribution in [2.45, 2.75) is 23.7 Å². The highest BCUT2D eigenvalue weighted by atomic mass is 32.2. The second-order valence-electron chi connectivity index (χ2n) is 10.5. The van der Waals surface area contributed by atoms with Gasteiger partial charge in [-0.1, -0.05) is 18.7 Å². The van der Waals surface area contributed by atoms with E-state index in [0.29, 0.717) is 37.5 Å². The number of likely N-dealkylation sites (N-methyl/N-ethyl adjacent to an activating group) is 1. The first-order chi connectivity index (χ1) is 20.0. The summed E-state index contributed by atoms with van der Waals surface area (Å²) in [7, 11) is 3.80. The molecule has 2 aliphatic rings. The van der Waals surface area contributed by atoms with Crippen LogP contribution in [0.3, 0.4) is 0 Å². The van der Waals surface area contributed by atoms with Crippen molar-refractivity contribution in [2.24, 2.45) is 0 Å². The summed E-state index contributed by atoms with van der Waals surface area (Å²) in [6.45, 7) is 5.82. The van der Waals surface area contributed by atoms with Crippen molar-refractivity contribution in [1.29, 1.82) is 0 Å². The SMILES string of the molecule is C=CC(=O)N1CCN(c2nc(=O)n3c4c(c(-c5ccc(F)cc5)c(C(F)(F)F)cc24)SCC(OCCN(C)C)C3)CC1. The van der Waals surface area contributed by atoms with Crippen LogP contribution in [0.2, 0.25) is 0 Å². The number of aromatic nitrogens is 2. The quantitative estimate of drug-likeness (QED) is 0.297. The molecule has 0 saturated carbocycles. The van der Waals surface area contributed by atoms with Crippen LogP contribution in [0.5, 0.6) is 0 Å². The maximum absolute atomic E-state index is 14.8. The van der Waals surface area contributed by atoms with Gasteiger partial charge in [0.05, 0.1) is 30.3 Å². The zero-order valence-electron chi connectivity index (χ0n) is 23.3. The van der Waals surface area contributed by atoms with Crippen molar-refractivity contribution >= 4 is 34.4 Å². The van der Waals surface area contributed by atoms with Gasteiger partial charge >= 0.3 is 11.9 Å². The molecule has 1 saturated heterocycles. The van der Waals surface area contributed by atoms with E-state index in [9.17, 15) is 27.2 Å². The monoisotopic (exact) mass is 605 g/mol. The summed E-state index contributed by atoms with van der Waals surface area (Å²) in [6.07, 6.45) is -4.00. The first kappa shape index (κ1) is 30.1. The van der Waals surface area contributed by atoms with Crippen LogP contribution in [0.15, 0.2) is 52.7 Å². The van der Waals surface area contributed by atoms with Crippen molar-refractivity contribution in [1.82, 2.24) is 19.4 Å². The predicted octanol–water partition coefficient (Wildman–Crippen LogP) is 4.11. The zero-order valence-corrected chi connectivity index (χ0v) is 24.1. The number of piperazine rings is 1. The molecule has 0 aliphatic carbocycles. The predicted molar refractivity (Wildman–Crippen MR) is 154 cm³/mol. The molecule has 5 rings (SSSR count). The lowest BCUT2D eigenvalue weighted by molar-refractivity contribution is -0.137. The van der Waals surface area contributed by atoms with Crippen LogP contribution in [0.4, 0.5) is 23.4 Å². The first-order valence-corrected chi connectivity index (χ1v) is 14.5. The van der Waals surface area contributed by atoms with Gasteiger partial charge in [0.25, 0.3) is 0 Å². The van der Waals surface area contributed by atoms with E-state index >= 15 is 0 Å². The summed E-state index contributed by atoms with van der Waals surface area (Å²) < 4.78 is 65.6. The van der Waals surface area contributed by atoms with E-state index in [1.807, 2.05) is 19.0 Å². The van der Waals surface area contributed by atoms with E-state index in [0.717, 1.165) is 18.2 Å². The average Bonchev–Trinajstić information content (AvgIpc) is 3.15. The molecule has 42 heavy (non-hydrogen) atoms. The number of anilines is 1. The van der Waals surface area contributed by atoms with Crippen molar-refractivity contribution in [3.63, 3.8) is 0 Å². The molecule has 0 bridgehead atoms. The molecular formula is C29H31F4N5O3S. The molecule has 3 heterocycles. The highest BCUT2D eigenvalue weighted by molar-refractivity contribution is 7.99. The number of benzene rings is 2. The van der Waals surface area contributed by atoms with E-state index < -0.39 is 29.4 Å². The number of hydrogen-bond acceptors (Lipinski definition) is 7. The summed E-state index contributed by atoms with van der Waals surface area (Å²) in [5.41, 5.74) is -1.08. The van der Waals surface area contributed by atoms with Crippen molar-refractivity contribution in [3.8, 4) is 11.1 Å². The van der Waals surface area contributed by atoms with Gasteiger partial charge in [-0.15, -0.1) is 11.8 Å². The molecule has 3 aromatic rings. The Balaban J connectivity index is 1.71. The summed E-state index contributed by atoms with van der Waals surface area (Å²) in [5.74, 6) is -0.368. The summed E-state index contributed by atoms with van der Waals surface area (Å²) in [5, 5.41) is 0.188. The molecule has 224 valence electrons. The lowest BCUT2D eigenvalue weighted by atomic mass is 9.96. The Bertz CT molecular complexity index is 1550. The third-order valence-electron chi connectivity index (χ3n) is 7.39. The molecule has 2 aliphatic heterocycles. The second kappa shape index (κ2) is 12.1. The lowest BCUT2D eigenvalue weighted by Gasteiger charge is -2.35. The fourth-order valence-electron chi connectivity index (χ4n) is 5.27.